The monoisotopic (exact) mass is 481 g/mol. The largest absolute Gasteiger partial charge is 0.399 e. The molecule has 0 atom stereocenters. The van der Waals surface area contributed by atoms with Gasteiger partial charge < -0.3 is 10.3 Å². The van der Waals surface area contributed by atoms with E-state index >= 15 is 0 Å². The quantitative estimate of drug-likeness (QED) is 0.283. The molecule has 0 amide bonds. The van der Waals surface area contributed by atoms with Crippen molar-refractivity contribution in [3.63, 3.8) is 0 Å². The second-order valence-corrected chi connectivity index (χ2v) is 9.90. The SMILES string of the molecule is N#C/C(=C\c1cn(Cc2ccc(Cl)c(Cl)c2)c2ccccc12)S(=O)(=O)c1ccc(N)cc1. The molecule has 160 valence electrons. The topological polar surface area (TPSA) is 88.9 Å². The van der Waals surface area contributed by atoms with Crippen LogP contribution in [-0.2, 0) is 16.4 Å². The van der Waals surface area contributed by atoms with Crippen molar-refractivity contribution >= 4 is 55.7 Å². The molecule has 1 aromatic heterocycles. The Bertz CT molecular complexity index is 1500. The summed E-state index contributed by atoms with van der Waals surface area (Å²) in [5.74, 6) is 0. The number of nitrogens with two attached hydrogens (primary N) is 1. The van der Waals surface area contributed by atoms with E-state index in [1.165, 1.54) is 30.3 Å². The van der Waals surface area contributed by atoms with Gasteiger partial charge in [0.25, 0.3) is 0 Å². The maximum absolute atomic E-state index is 13.0. The minimum Gasteiger partial charge on any atom is -0.399 e. The second-order valence-electron chi connectivity index (χ2n) is 7.17. The van der Waals surface area contributed by atoms with E-state index in [0.29, 0.717) is 27.8 Å². The van der Waals surface area contributed by atoms with Crippen molar-refractivity contribution in [3.05, 3.63) is 99.0 Å². The zero-order valence-corrected chi connectivity index (χ0v) is 19.0. The first-order valence-corrected chi connectivity index (χ1v) is 11.8. The summed E-state index contributed by atoms with van der Waals surface area (Å²) >= 11 is 12.2. The lowest BCUT2D eigenvalue weighted by molar-refractivity contribution is 0.603. The molecule has 4 rings (SSSR count). The molecule has 8 heteroatoms. The molecule has 32 heavy (non-hydrogen) atoms. The van der Waals surface area contributed by atoms with Crippen molar-refractivity contribution in [3.8, 4) is 6.07 Å². The molecule has 4 aromatic rings. The molecular weight excluding hydrogens is 465 g/mol. The van der Waals surface area contributed by atoms with Crippen LogP contribution < -0.4 is 5.73 Å². The number of hydrogen-bond donors (Lipinski definition) is 1. The van der Waals surface area contributed by atoms with Crippen molar-refractivity contribution in [1.82, 2.24) is 4.57 Å². The zero-order valence-electron chi connectivity index (χ0n) is 16.7. The van der Waals surface area contributed by atoms with Gasteiger partial charge in [0.2, 0.25) is 9.84 Å². The normalized spacial score (nSPS) is 12.1. The Morgan fingerprint density at radius 1 is 1.03 bits per heavy atom. The number of aromatic nitrogens is 1. The molecule has 0 spiro atoms. The summed E-state index contributed by atoms with van der Waals surface area (Å²) in [6.45, 7) is 0.498. The molecule has 0 bridgehead atoms. The van der Waals surface area contributed by atoms with E-state index in [0.717, 1.165) is 16.5 Å². The first-order valence-electron chi connectivity index (χ1n) is 9.54. The molecule has 0 aliphatic heterocycles. The predicted molar refractivity (Wildman–Crippen MR) is 129 cm³/mol. The Morgan fingerprint density at radius 3 is 2.44 bits per heavy atom. The van der Waals surface area contributed by atoms with Gasteiger partial charge in [0.05, 0.1) is 14.9 Å². The number of nitrogens with zero attached hydrogens (tertiary/aromatic N) is 2. The molecule has 0 saturated carbocycles. The molecule has 0 aliphatic rings. The van der Waals surface area contributed by atoms with Crippen molar-refractivity contribution in [2.24, 2.45) is 0 Å². The molecule has 1 heterocycles. The van der Waals surface area contributed by atoms with Crippen LogP contribution in [0.15, 0.2) is 82.7 Å². The summed E-state index contributed by atoms with van der Waals surface area (Å²) in [7, 11) is -3.99. The molecule has 0 saturated heterocycles. The Morgan fingerprint density at radius 2 is 1.75 bits per heavy atom. The second kappa shape index (κ2) is 8.71. The molecule has 5 nitrogen and oxygen atoms in total. The van der Waals surface area contributed by atoms with Crippen LogP contribution in [0.2, 0.25) is 10.0 Å². The van der Waals surface area contributed by atoms with Gasteiger partial charge in [-0.3, -0.25) is 0 Å². The number of sulfone groups is 1. The van der Waals surface area contributed by atoms with Crippen LogP contribution in [0, 0.1) is 11.3 Å². The smallest absolute Gasteiger partial charge is 0.216 e. The highest BCUT2D eigenvalue weighted by atomic mass is 35.5. The number of halogens is 2. The summed E-state index contributed by atoms with van der Waals surface area (Å²) < 4.78 is 28.0. The minimum absolute atomic E-state index is 0.0130. The number of rotatable bonds is 5. The van der Waals surface area contributed by atoms with Gasteiger partial charge in [-0.1, -0.05) is 47.5 Å². The highest BCUT2D eigenvalue weighted by Gasteiger charge is 2.21. The van der Waals surface area contributed by atoms with Crippen LogP contribution in [-0.4, -0.2) is 13.0 Å². The predicted octanol–water partition coefficient (Wildman–Crippen LogP) is 5.92. The fourth-order valence-electron chi connectivity index (χ4n) is 3.44. The molecule has 0 aliphatic carbocycles. The maximum Gasteiger partial charge on any atom is 0.216 e. The summed E-state index contributed by atoms with van der Waals surface area (Å²) in [6, 6.07) is 20.6. The van der Waals surface area contributed by atoms with Crippen LogP contribution in [0.5, 0.6) is 0 Å². The number of nitriles is 1. The van der Waals surface area contributed by atoms with Gasteiger partial charge in [-0.25, -0.2) is 8.42 Å². The Hall–Kier alpha value is -3.24. The standard InChI is InChI=1S/C24H17Cl2N3O2S/c25-22-10-5-16(11-23(22)26)14-29-15-17(21-3-1-2-4-24(21)29)12-20(13-27)32(30,31)19-8-6-18(28)7-9-19/h1-12,15H,14,28H2/b20-12+. The third-order valence-electron chi connectivity index (χ3n) is 5.03. The molecular formula is C24H17Cl2N3O2S. The fraction of sp³-hybridized carbons (Fsp3) is 0.0417. The number of nitrogen functional groups attached to an aromatic ring is 1. The van der Waals surface area contributed by atoms with Gasteiger partial charge in [0.1, 0.15) is 11.0 Å². The van der Waals surface area contributed by atoms with E-state index in [1.54, 1.807) is 12.1 Å². The van der Waals surface area contributed by atoms with Gasteiger partial charge in [0, 0.05) is 34.9 Å². The van der Waals surface area contributed by atoms with Crippen molar-refractivity contribution in [2.75, 3.05) is 5.73 Å². The van der Waals surface area contributed by atoms with Crippen LogP contribution in [0.4, 0.5) is 5.69 Å². The van der Waals surface area contributed by atoms with Crippen molar-refractivity contribution in [1.29, 1.82) is 5.26 Å². The fourth-order valence-corrected chi connectivity index (χ4v) is 4.91. The molecule has 0 unspecified atom stereocenters. The Labute approximate surface area is 195 Å². The third-order valence-corrected chi connectivity index (χ3v) is 7.45. The lowest BCUT2D eigenvalue weighted by atomic mass is 10.1. The van der Waals surface area contributed by atoms with E-state index in [2.05, 4.69) is 0 Å². The number of para-hydroxylation sites is 1. The number of allylic oxidation sites excluding steroid dienone is 1. The number of anilines is 1. The summed E-state index contributed by atoms with van der Waals surface area (Å²) in [5, 5.41) is 11.4. The number of fused-ring (bicyclic) bond motifs is 1. The molecule has 0 fully saturated rings. The lowest BCUT2D eigenvalue weighted by Gasteiger charge is -2.06. The minimum atomic E-state index is -3.99. The summed E-state index contributed by atoms with van der Waals surface area (Å²) in [5.41, 5.74) is 8.55. The van der Waals surface area contributed by atoms with Crippen molar-refractivity contribution in [2.45, 2.75) is 11.4 Å². The maximum atomic E-state index is 13.0. The van der Waals surface area contributed by atoms with Gasteiger partial charge in [-0.2, -0.15) is 5.26 Å². The van der Waals surface area contributed by atoms with Crippen molar-refractivity contribution < 1.29 is 8.42 Å². The highest BCUT2D eigenvalue weighted by Crippen LogP contribution is 2.29. The van der Waals surface area contributed by atoms with E-state index in [9.17, 15) is 13.7 Å². The van der Waals surface area contributed by atoms with Crippen LogP contribution in [0.25, 0.3) is 17.0 Å². The Kier molecular flexibility index (Phi) is 5.98. The average Bonchev–Trinajstić information content (AvgIpc) is 3.12. The lowest BCUT2D eigenvalue weighted by Crippen LogP contribution is -2.03. The summed E-state index contributed by atoms with van der Waals surface area (Å²) in [4.78, 5) is -0.334. The van der Waals surface area contributed by atoms with Gasteiger partial charge in [-0.05, 0) is 54.1 Å². The first-order chi connectivity index (χ1) is 15.3. The van der Waals surface area contributed by atoms with Crippen LogP contribution in [0.1, 0.15) is 11.1 Å². The molecule has 2 N–H and O–H groups in total. The van der Waals surface area contributed by atoms with E-state index in [1.807, 2.05) is 47.2 Å². The highest BCUT2D eigenvalue weighted by molar-refractivity contribution is 7.95. The van der Waals surface area contributed by atoms with Gasteiger partial charge >= 0.3 is 0 Å². The Balaban J connectivity index is 1.80. The molecule has 3 aromatic carbocycles. The third kappa shape index (κ3) is 4.23. The van der Waals surface area contributed by atoms with E-state index in [-0.39, 0.29) is 9.80 Å². The zero-order chi connectivity index (χ0) is 22.9. The first kappa shape index (κ1) is 22.0. The van der Waals surface area contributed by atoms with Crippen LogP contribution >= 0.6 is 23.2 Å². The van der Waals surface area contributed by atoms with E-state index < -0.39 is 9.84 Å². The van der Waals surface area contributed by atoms with Gasteiger partial charge in [0.15, 0.2) is 0 Å². The van der Waals surface area contributed by atoms with E-state index in [4.69, 9.17) is 28.9 Å². The number of benzene rings is 3. The number of hydrogen-bond acceptors (Lipinski definition) is 4. The summed E-state index contributed by atoms with van der Waals surface area (Å²) in [6.07, 6.45) is 3.22. The molecule has 0 radical (unpaired) electrons. The van der Waals surface area contributed by atoms with Crippen LogP contribution in [0.3, 0.4) is 0 Å². The average molecular weight is 482 g/mol. The van der Waals surface area contributed by atoms with Gasteiger partial charge in [-0.15, -0.1) is 0 Å².